The highest BCUT2D eigenvalue weighted by atomic mass is 16.5. The summed E-state index contributed by atoms with van der Waals surface area (Å²) < 4.78 is 5.18. The second-order valence-electron chi connectivity index (χ2n) is 4.23. The van der Waals surface area contributed by atoms with Crippen LogP contribution in [0.15, 0.2) is 66.3 Å². The third-order valence-corrected chi connectivity index (χ3v) is 3.25. The molecule has 0 fully saturated rings. The maximum absolute atomic E-state index is 5.18. The fraction of sp³-hybridized carbons (Fsp3) is 0.125. The van der Waals surface area contributed by atoms with Crippen LogP contribution in [0.1, 0.15) is 5.56 Å². The minimum absolute atomic E-state index is 0.456. The molecule has 0 aromatic heterocycles. The van der Waals surface area contributed by atoms with Gasteiger partial charge in [-0.3, -0.25) is 0 Å². The highest BCUT2D eigenvalue weighted by Crippen LogP contribution is 2.35. The molecule has 2 aliphatic rings. The lowest BCUT2D eigenvalue weighted by atomic mass is 9.93. The van der Waals surface area contributed by atoms with E-state index in [-0.39, 0.29) is 0 Å². The summed E-state index contributed by atoms with van der Waals surface area (Å²) in [5.74, 6) is 1.36. The lowest BCUT2D eigenvalue weighted by Crippen LogP contribution is -1.95. The number of methoxy groups -OCH3 is 1. The van der Waals surface area contributed by atoms with E-state index in [0.717, 1.165) is 5.75 Å². The zero-order valence-corrected chi connectivity index (χ0v) is 9.76. The maximum atomic E-state index is 5.18. The lowest BCUT2D eigenvalue weighted by molar-refractivity contribution is 0.415. The van der Waals surface area contributed by atoms with Gasteiger partial charge in [0.05, 0.1) is 7.11 Å². The molecule has 1 aromatic rings. The highest BCUT2D eigenvalue weighted by molar-refractivity contribution is 5.83. The van der Waals surface area contributed by atoms with Crippen molar-refractivity contribution in [3.05, 3.63) is 71.9 Å². The van der Waals surface area contributed by atoms with E-state index in [1.54, 1.807) is 7.11 Å². The standard InChI is InChI=1S/C16H14O/c1-17-14-9-6-13(7-10-14)16-11-8-12-4-2-3-5-15(12)16/h2-12H,1H3. The van der Waals surface area contributed by atoms with Crippen LogP contribution >= 0.6 is 0 Å². The third kappa shape index (κ3) is 1.74. The second-order valence-corrected chi connectivity index (χ2v) is 4.23. The summed E-state index contributed by atoms with van der Waals surface area (Å²) in [6.07, 6.45) is 13.1. The lowest BCUT2D eigenvalue weighted by Gasteiger charge is -2.11. The van der Waals surface area contributed by atoms with E-state index in [1.807, 2.05) is 12.1 Å². The molecule has 0 N–H and O–H groups in total. The molecule has 17 heavy (non-hydrogen) atoms. The summed E-state index contributed by atoms with van der Waals surface area (Å²) in [4.78, 5) is 0. The van der Waals surface area contributed by atoms with Gasteiger partial charge in [0.15, 0.2) is 0 Å². The fourth-order valence-corrected chi connectivity index (χ4v) is 2.32. The van der Waals surface area contributed by atoms with Gasteiger partial charge in [0, 0.05) is 5.92 Å². The van der Waals surface area contributed by atoms with E-state index in [0.29, 0.717) is 5.92 Å². The molecule has 2 aliphatic carbocycles. The van der Waals surface area contributed by atoms with E-state index < -0.39 is 0 Å². The smallest absolute Gasteiger partial charge is 0.118 e. The third-order valence-electron chi connectivity index (χ3n) is 3.25. The van der Waals surface area contributed by atoms with Crippen molar-refractivity contribution in [2.75, 3.05) is 7.11 Å². The number of ether oxygens (including phenoxy) is 1. The molecule has 1 unspecified atom stereocenters. The Kier molecular flexibility index (Phi) is 2.45. The Morgan fingerprint density at radius 1 is 0.941 bits per heavy atom. The van der Waals surface area contributed by atoms with Crippen LogP contribution in [0.5, 0.6) is 5.75 Å². The minimum atomic E-state index is 0.456. The minimum Gasteiger partial charge on any atom is -0.497 e. The quantitative estimate of drug-likeness (QED) is 0.740. The summed E-state index contributed by atoms with van der Waals surface area (Å²) in [5.41, 5.74) is 3.95. The topological polar surface area (TPSA) is 9.23 Å². The first-order valence-electron chi connectivity index (χ1n) is 5.80. The Morgan fingerprint density at radius 3 is 2.53 bits per heavy atom. The Morgan fingerprint density at radius 2 is 1.76 bits per heavy atom. The van der Waals surface area contributed by atoms with Crippen molar-refractivity contribution in [1.29, 1.82) is 0 Å². The van der Waals surface area contributed by atoms with Crippen LogP contribution < -0.4 is 4.74 Å². The number of rotatable bonds is 2. The van der Waals surface area contributed by atoms with Crippen molar-refractivity contribution in [3.63, 3.8) is 0 Å². The molecule has 0 heterocycles. The number of hydrogen-bond donors (Lipinski definition) is 0. The van der Waals surface area contributed by atoms with Gasteiger partial charge in [-0.25, -0.2) is 0 Å². The summed E-state index contributed by atoms with van der Waals surface area (Å²) >= 11 is 0. The molecule has 0 bridgehead atoms. The van der Waals surface area contributed by atoms with E-state index in [1.165, 1.54) is 16.7 Å². The Balaban J connectivity index is 2.01. The molecule has 1 aromatic carbocycles. The van der Waals surface area contributed by atoms with Crippen LogP contribution in [0.3, 0.4) is 0 Å². The molecule has 1 nitrogen and oxygen atoms in total. The van der Waals surface area contributed by atoms with E-state index >= 15 is 0 Å². The van der Waals surface area contributed by atoms with Crippen LogP contribution in [-0.4, -0.2) is 7.11 Å². The monoisotopic (exact) mass is 222 g/mol. The Bertz CT molecular complexity index is 541. The van der Waals surface area contributed by atoms with Gasteiger partial charge in [-0.15, -0.1) is 0 Å². The van der Waals surface area contributed by atoms with Gasteiger partial charge in [0.2, 0.25) is 0 Å². The van der Waals surface area contributed by atoms with Gasteiger partial charge in [-0.2, -0.15) is 0 Å². The van der Waals surface area contributed by atoms with Gasteiger partial charge < -0.3 is 4.74 Å². The fourth-order valence-electron chi connectivity index (χ4n) is 2.32. The number of hydrogen-bond acceptors (Lipinski definition) is 1. The van der Waals surface area contributed by atoms with Crippen LogP contribution in [0.2, 0.25) is 0 Å². The molecular formula is C16H14O. The average Bonchev–Trinajstić information content (AvgIpc) is 2.83. The number of fused-ring (bicyclic) bond motifs is 1. The van der Waals surface area contributed by atoms with Crippen molar-refractivity contribution >= 4 is 5.57 Å². The van der Waals surface area contributed by atoms with Gasteiger partial charge in [0.25, 0.3) is 0 Å². The Hall–Kier alpha value is -2.02. The van der Waals surface area contributed by atoms with Crippen molar-refractivity contribution in [3.8, 4) is 5.75 Å². The average molecular weight is 222 g/mol. The Labute approximate surface area is 101 Å². The van der Waals surface area contributed by atoms with Crippen molar-refractivity contribution in [2.24, 2.45) is 5.92 Å². The normalized spacial score (nSPS) is 20.9. The first-order valence-corrected chi connectivity index (χ1v) is 5.80. The first-order chi connectivity index (χ1) is 8.38. The van der Waals surface area contributed by atoms with Crippen molar-refractivity contribution < 1.29 is 4.74 Å². The summed E-state index contributed by atoms with van der Waals surface area (Å²) in [6, 6.07) is 8.24. The molecule has 0 amide bonds. The predicted molar refractivity (Wildman–Crippen MR) is 70.8 cm³/mol. The molecule has 3 rings (SSSR count). The summed E-state index contributed by atoms with van der Waals surface area (Å²) in [5, 5.41) is 0. The number of allylic oxidation sites excluding steroid dienone is 8. The number of benzene rings is 1. The first kappa shape index (κ1) is 10.2. The van der Waals surface area contributed by atoms with Gasteiger partial charge in [-0.1, -0.05) is 48.6 Å². The second kappa shape index (κ2) is 4.10. The molecule has 84 valence electrons. The van der Waals surface area contributed by atoms with Crippen LogP contribution in [0.4, 0.5) is 0 Å². The molecule has 0 saturated carbocycles. The van der Waals surface area contributed by atoms with Crippen LogP contribution in [-0.2, 0) is 0 Å². The molecule has 1 heteroatoms. The zero-order valence-electron chi connectivity index (χ0n) is 9.76. The van der Waals surface area contributed by atoms with E-state index in [4.69, 9.17) is 4.74 Å². The summed E-state index contributed by atoms with van der Waals surface area (Å²) in [6.45, 7) is 0. The molecule has 0 aliphatic heterocycles. The van der Waals surface area contributed by atoms with E-state index in [2.05, 4.69) is 48.6 Å². The largest absolute Gasteiger partial charge is 0.497 e. The van der Waals surface area contributed by atoms with Gasteiger partial charge >= 0.3 is 0 Å². The van der Waals surface area contributed by atoms with Gasteiger partial charge in [-0.05, 0) is 28.8 Å². The van der Waals surface area contributed by atoms with Crippen LogP contribution in [0, 0.1) is 5.92 Å². The van der Waals surface area contributed by atoms with E-state index in [9.17, 15) is 0 Å². The molecule has 0 radical (unpaired) electrons. The molecule has 0 saturated heterocycles. The molecular weight excluding hydrogens is 208 g/mol. The summed E-state index contributed by atoms with van der Waals surface area (Å²) in [7, 11) is 1.69. The molecule has 1 atom stereocenters. The highest BCUT2D eigenvalue weighted by Gasteiger charge is 2.18. The van der Waals surface area contributed by atoms with Crippen molar-refractivity contribution in [1.82, 2.24) is 0 Å². The van der Waals surface area contributed by atoms with Crippen molar-refractivity contribution in [2.45, 2.75) is 0 Å². The molecule has 0 spiro atoms. The maximum Gasteiger partial charge on any atom is 0.118 e. The zero-order chi connectivity index (χ0) is 11.7. The van der Waals surface area contributed by atoms with Gasteiger partial charge in [0.1, 0.15) is 5.75 Å². The SMILES string of the molecule is COc1ccc(C2=C3C=CC=CC3C=C2)cc1. The predicted octanol–water partition coefficient (Wildman–Crippen LogP) is 3.76. The van der Waals surface area contributed by atoms with Crippen LogP contribution in [0.25, 0.3) is 5.57 Å².